The smallest absolute Gasteiger partial charge is 0.306 e. The molecule has 0 aliphatic carbocycles. The van der Waals surface area contributed by atoms with E-state index < -0.39 is 6.10 Å². The van der Waals surface area contributed by atoms with Crippen molar-refractivity contribution in [3.05, 3.63) is 134 Å². The quantitative estimate of drug-likeness (QED) is 0.0262. The third-order valence-electron chi connectivity index (χ3n) is 11.1. The minimum absolute atomic E-state index is 0.136. The van der Waals surface area contributed by atoms with Gasteiger partial charge in [-0.1, -0.05) is 212 Å². The Labute approximate surface area is 424 Å². The van der Waals surface area contributed by atoms with Crippen LogP contribution in [-0.2, 0) is 28.6 Å². The largest absolute Gasteiger partial charge is 0.462 e. The third kappa shape index (κ3) is 54.4. The lowest BCUT2D eigenvalue weighted by Crippen LogP contribution is -2.30. The molecule has 0 spiro atoms. The second kappa shape index (κ2) is 56.1. The molecule has 0 amide bonds. The van der Waals surface area contributed by atoms with E-state index in [4.69, 9.17) is 14.2 Å². The lowest BCUT2D eigenvalue weighted by atomic mass is 10.1. The van der Waals surface area contributed by atoms with Gasteiger partial charge in [0, 0.05) is 19.3 Å². The monoisotopic (exact) mass is 953 g/mol. The summed E-state index contributed by atoms with van der Waals surface area (Å²) in [5.74, 6) is -1.07. The van der Waals surface area contributed by atoms with Gasteiger partial charge in [0.25, 0.3) is 0 Å². The molecule has 0 aliphatic heterocycles. The summed E-state index contributed by atoms with van der Waals surface area (Å²) in [5.41, 5.74) is 0. The first-order valence-corrected chi connectivity index (χ1v) is 27.7. The number of unbranched alkanes of at least 4 members (excludes halogenated alkanes) is 15. The van der Waals surface area contributed by atoms with E-state index in [1.807, 2.05) is 0 Å². The average molecular weight is 953 g/mol. The number of carbonyl (C=O) groups excluding carboxylic acids is 3. The molecule has 388 valence electrons. The highest BCUT2D eigenvalue weighted by atomic mass is 16.6. The molecule has 0 unspecified atom stereocenters. The van der Waals surface area contributed by atoms with Crippen molar-refractivity contribution >= 4 is 17.9 Å². The Hall–Kier alpha value is -4.45. The van der Waals surface area contributed by atoms with Crippen LogP contribution in [0.2, 0.25) is 0 Å². The molecule has 0 bridgehead atoms. The van der Waals surface area contributed by atoms with E-state index in [1.165, 1.54) is 70.6 Å². The third-order valence-corrected chi connectivity index (χ3v) is 11.1. The summed E-state index contributed by atoms with van der Waals surface area (Å²) in [6, 6.07) is 0. The topological polar surface area (TPSA) is 78.9 Å². The van der Waals surface area contributed by atoms with Gasteiger partial charge in [-0.25, -0.2) is 0 Å². The van der Waals surface area contributed by atoms with E-state index in [0.717, 1.165) is 103 Å². The zero-order valence-corrected chi connectivity index (χ0v) is 44.3. The Balaban J connectivity index is 4.62. The number of hydrogen-bond donors (Lipinski definition) is 0. The fourth-order valence-corrected chi connectivity index (χ4v) is 6.97. The van der Waals surface area contributed by atoms with Gasteiger partial charge >= 0.3 is 17.9 Å². The molecule has 0 radical (unpaired) electrons. The van der Waals surface area contributed by atoms with Gasteiger partial charge in [-0.15, -0.1) is 0 Å². The Morgan fingerprint density at radius 1 is 0.304 bits per heavy atom. The predicted molar refractivity (Wildman–Crippen MR) is 297 cm³/mol. The number of carbonyl (C=O) groups is 3. The van der Waals surface area contributed by atoms with E-state index in [9.17, 15) is 14.4 Å². The van der Waals surface area contributed by atoms with Crippen LogP contribution in [0.3, 0.4) is 0 Å². The summed E-state index contributed by atoms with van der Waals surface area (Å²) in [6.07, 6.45) is 78.7. The number of ether oxygens (including phenoxy) is 3. The molecule has 0 aromatic heterocycles. The number of esters is 3. The Morgan fingerprint density at radius 3 is 0.957 bits per heavy atom. The Kier molecular flexibility index (Phi) is 52.5. The molecule has 0 saturated heterocycles. The second-order valence-corrected chi connectivity index (χ2v) is 17.7. The first-order chi connectivity index (χ1) is 34.0. The van der Waals surface area contributed by atoms with Crippen LogP contribution in [0, 0.1) is 0 Å². The fourth-order valence-electron chi connectivity index (χ4n) is 6.97. The van der Waals surface area contributed by atoms with Crippen LogP contribution in [0.15, 0.2) is 134 Å². The van der Waals surface area contributed by atoms with Gasteiger partial charge in [0.15, 0.2) is 6.10 Å². The zero-order chi connectivity index (χ0) is 50.0. The normalized spacial score (nSPS) is 13.1. The van der Waals surface area contributed by atoms with Gasteiger partial charge in [-0.2, -0.15) is 0 Å². The van der Waals surface area contributed by atoms with Crippen molar-refractivity contribution in [3.63, 3.8) is 0 Å². The number of allylic oxidation sites excluding steroid dienone is 22. The van der Waals surface area contributed by atoms with Gasteiger partial charge in [0.1, 0.15) is 13.2 Å². The van der Waals surface area contributed by atoms with Gasteiger partial charge in [0.2, 0.25) is 0 Å². The molecule has 0 aliphatic rings. The summed E-state index contributed by atoms with van der Waals surface area (Å²) >= 11 is 0. The van der Waals surface area contributed by atoms with Crippen LogP contribution in [0.25, 0.3) is 0 Å². The molecule has 0 rings (SSSR count). The minimum Gasteiger partial charge on any atom is -0.462 e. The van der Waals surface area contributed by atoms with Crippen LogP contribution in [0.4, 0.5) is 0 Å². The SMILES string of the molecule is CC/C=C\C/C=C\C/C=C\C/C=C\C/C=C\CCCC(=O)OC[C@H](COC(=O)CCC/C=C\C/C=C\C/C=C\CCCCCCCC)OC(=O)CCCCCC/C=C\C/C=C\C/C=C\CCCCC. The molecule has 6 heteroatoms. The maximum atomic E-state index is 12.8. The van der Waals surface area contributed by atoms with Crippen molar-refractivity contribution in [3.8, 4) is 0 Å². The van der Waals surface area contributed by atoms with Crippen LogP contribution < -0.4 is 0 Å². The highest BCUT2D eigenvalue weighted by molar-refractivity contribution is 5.71. The summed E-state index contributed by atoms with van der Waals surface area (Å²) in [4.78, 5) is 38.1. The molecule has 0 aromatic carbocycles. The van der Waals surface area contributed by atoms with E-state index in [2.05, 4.69) is 154 Å². The van der Waals surface area contributed by atoms with Gasteiger partial charge in [-0.3, -0.25) is 14.4 Å². The summed E-state index contributed by atoms with van der Waals surface area (Å²) in [7, 11) is 0. The van der Waals surface area contributed by atoms with Crippen LogP contribution in [0.5, 0.6) is 0 Å². The molecule has 0 fully saturated rings. The van der Waals surface area contributed by atoms with Crippen molar-refractivity contribution in [2.24, 2.45) is 0 Å². The minimum atomic E-state index is -0.838. The highest BCUT2D eigenvalue weighted by Crippen LogP contribution is 2.11. The van der Waals surface area contributed by atoms with E-state index in [0.29, 0.717) is 12.8 Å². The molecule has 0 heterocycles. The second-order valence-electron chi connectivity index (χ2n) is 17.7. The molecule has 6 nitrogen and oxygen atoms in total. The molecule has 69 heavy (non-hydrogen) atoms. The molecule has 0 saturated carbocycles. The maximum absolute atomic E-state index is 12.8. The van der Waals surface area contributed by atoms with Crippen LogP contribution >= 0.6 is 0 Å². The van der Waals surface area contributed by atoms with Gasteiger partial charge in [0.05, 0.1) is 0 Å². The molecule has 0 N–H and O–H groups in total. The van der Waals surface area contributed by atoms with Crippen molar-refractivity contribution in [1.29, 1.82) is 0 Å². The summed E-state index contributed by atoms with van der Waals surface area (Å²) < 4.78 is 16.7. The van der Waals surface area contributed by atoms with E-state index in [-0.39, 0.29) is 50.4 Å². The van der Waals surface area contributed by atoms with Crippen molar-refractivity contribution in [2.45, 2.75) is 232 Å². The fraction of sp³-hybridized carbons (Fsp3) is 0.603. The van der Waals surface area contributed by atoms with Crippen molar-refractivity contribution < 1.29 is 28.6 Å². The average Bonchev–Trinajstić information content (AvgIpc) is 3.35. The highest BCUT2D eigenvalue weighted by Gasteiger charge is 2.19. The molecular formula is C63H100O6. The molecular weight excluding hydrogens is 853 g/mol. The first-order valence-electron chi connectivity index (χ1n) is 27.7. The van der Waals surface area contributed by atoms with Crippen molar-refractivity contribution in [2.75, 3.05) is 13.2 Å². The Bertz CT molecular complexity index is 1510. The molecule has 1 atom stereocenters. The number of hydrogen-bond acceptors (Lipinski definition) is 6. The van der Waals surface area contributed by atoms with Crippen LogP contribution in [0.1, 0.15) is 226 Å². The lowest BCUT2D eigenvalue weighted by molar-refractivity contribution is -0.167. The number of rotatable bonds is 48. The zero-order valence-electron chi connectivity index (χ0n) is 44.3. The molecule has 0 aromatic rings. The maximum Gasteiger partial charge on any atom is 0.306 e. The first kappa shape index (κ1) is 64.5. The summed E-state index contributed by atoms with van der Waals surface area (Å²) in [5, 5.41) is 0. The summed E-state index contributed by atoms with van der Waals surface area (Å²) in [6.45, 7) is 6.36. The van der Waals surface area contributed by atoms with E-state index >= 15 is 0 Å². The predicted octanol–water partition coefficient (Wildman–Crippen LogP) is 18.6. The standard InChI is InChI=1S/C63H100O6/c1-4-7-10-13-16-19-22-25-28-31-34-37-40-43-46-49-52-55-61(64)67-58-60(69-63(66)57-54-51-48-45-42-39-36-33-30-27-24-21-18-15-12-9-6-3)59-68-62(65)56-53-50-47-44-41-38-35-32-29-26-23-20-17-14-11-8-5-2/h7,10,16,18-19,21,25-30,34-39,43-44,46-47,60H,4-6,8-9,11-15,17,20,22-24,31-33,40-42,45,48-59H2,1-3H3/b10-7-,19-16-,21-18-,28-25-,29-26-,30-27-,37-34-,38-35-,39-36-,46-43-,47-44-/t60-/m1/s1. The van der Waals surface area contributed by atoms with E-state index in [1.54, 1.807) is 0 Å². The van der Waals surface area contributed by atoms with Crippen LogP contribution in [-0.4, -0.2) is 37.2 Å². The van der Waals surface area contributed by atoms with Gasteiger partial charge < -0.3 is 14.2 Å². The lowest BCUT2D eigenvalue weighted by Gasteiger charge is -2.18. The van der Waals surface area contributed by atoms with Gasteiger partial charge in [-0.05, 0) is 128 Å². The van der Waals surface area contributed by atoms with Crippen molar-refractivity contribution in [1.82, 2.24) is 0 Å². The Morgan fingerprint density at radius 2 is 0.580 bits per heavy atom.